The van der Waals surface area contributed by atoms with Gasteiger partial charge in [0.2, 0.25) is 5.13 Å². The highest BCUT2D eigenvalue weighted by Gasteiger charge is 2.56. The number of nitrogens with one attached hydrogen (secondary N) is 2. The molecule has 2 N–H and O–H groups in total. The van der Waals surface area contributed by atoms with Crippen LogP contribution < -0.4 is 5.32 Å². The summed E-state index contributed by atoms with van der Waals surface area (Å²) in [4.78, 5) is 21.7. The van der Waals surface area contributed by atoms with E-state index in [9.17, 15) is 4.79 Å². The molecule has 2 amide bonds. The number of likely N-dealkylation sites (tertiary alicyclic amines) is 2. The molecular weight excluding hydrogens is 448 g/mol. The van der Waals surface area contributed by atoms with E-state index in [-0.39, 0.29) is 6.03 Å². The fourth-order valence-electron chi connectivity index (χ4n) is 5.72. The van der Waals surface area contributed by atoms with Crippen LogP contribution in [0.1, 0.15) is 60.6 Å². The van der Waals surface area contributed by atoms with E-state index in [1.165, 1.54) is 18.4 Å². The first-order valence-corrected chi connectivity index (χ1v) is 13.0. The third-order valence-corrected chi connectivity index (χ3v) is 8.94. The van der Waals surface area contributed by atoms with Crippen LogP contribution in [0.3, 0.4) is 0 Å². The molecule has 2 aromatic heterocycles. The SMILES string of the molecule is CNc1nnc(-c2ccc(C3CN(C(=O)N4CC5(CC(c6n[nH]c(C7CC7)n6)C5)C4)C3)cc2)s1. The summed E-state index contributed by atoms with van der Waals surface area (Å²) in [5.41, 5.74) is 2.66. The number of anilines is 1. The van der Waals surface area contributed by atoms with Gasteiger partial charge in [-0.2, -0.15) is 5.10 Å². The van der Waals surface area contributed by atoms with Crippen LogP contribution in [0, 0.1) is 5.41 Å². The van der Waals surface area contributed by atoms with Crippen molar-refractivity contribution in [2.45, 2.75) is 43.4 Å². The number of hydrogen-bond donors (Lipinski definition) is 2. The molecule has 0 bridgehead atoms. The van der Waals surface area contributed by atoms with Gasteiger partial charge in [0.25, 0.3) is 0 Å². The molecular formula is C24H28N8OS. The van der Waals surface area contributed by atoms with Crippen molar-refractivity contribution in [3.63, 3.8) is 0 Å². The maximum atomic E-state index is 12.9. The minimum Gasteiger partial charge on any atom is -0.363 e. The van der Waals surface area contributed by atoms with Gasteiger partial charge in [-0.15, -0.1) is 10.2 Å². The van der Waals surface area contributed by atoms with E-state index in [0.717, 1.165) is 66.4 Å². The van der Waals surface area contributed by atoms with Crippen LogP contribution in [-0.2, 0) is 0 Å². The van der Waals surface area contributed by atoms with Gasteiger partial charge in [-0.05, 0) is 31.2 Å². The quantitative estimate of drug-likeness (QED) is 0.583. The lowest BCUT2D eigenvalue weighted by molar-refractivity contribution is -0.0601. The Morgan fingerprint density at radius 3 is 2.50 bits per heavy atom. The minimum absolute atomic E-state index is 0.198. The Balaban J connectivity index is 0.889. The molecule has 0 atom stereocenters. The van der Waals surface area contributed by atoms with Crippen molar-refractivity contribution in [2.75, 3.05) is 38.5 Å². The first kappa shape index (κ1) is 20.4. The number of urea groups is 1. The lowest BCUT2D eigenvalue weighted by atomic mass is 9.57. The second-order valence-corrected chi connectivity index (χ2v) is 11.5. The zero-order valence-electron chi connectivity index (χ0n) is 19.2. The minimum atomic E-state index is 0.198. The lowest BCUT2D eigenvalue weighted by Crippen LogP contribution is -2.67. The number of aromatic amines is 1. The van der Waals surface area contributed by atoms with Gasteiger partial charge < -0.3 is 15.1 Å². The molecule has 10 heteroatoms. The molecule has 2 saturated heterocycles. The van der Waals surface area contributed by atoms with Gasteiger partial charge in [0.05, 0.1) is 0 Å². The molecule has 1 aromatic carbocycles. The van der Waals surface area contributed by atoms with Crippen molar-refractivity contribution in [1.82, 2.24) is 35.2 Å². The van der Waals surface area contributed by atoms with Crippen molar-refractivity contribution < 1.29 is 4.79 Å². The van der Waals surface area contributed by atoms with Crippen LogP contribution in [0.2, 0.25) is 0 Å². The van der Waals surface area contributed by atoms with Gasteiger partial charge in [0.15, 0.2) is 5.82 Å². The third kappa shape index (κ3) is 3.38. The molecule has 4 fully saturated rings. The third-order valence-electron chi connectivity index (χ3n) is 7.95. The molecule has 7 rings (SSSR count). The Bertz CT molecular complexity index is 1210. The molecule has 2 aliphatic carbocycles. The molecule has 176 valence electrons. The number of rotatable bonds is 5. The van der Waals surface area contributed by atoms with E-state index in [1.807, 2.05) is 16.8 Å². The summed E-state index contributed by atoms with van der Waals surface area (Å²) in [6.07, 6.45) is 4.70. The largest absolute Gasteiger partial charge is 0.363 e. The highest BCUT2D eigenvalue weighted by Crippen LogP contribution is 2.56. The zero-order chi connectivity index (χ0) is 22.9. The first-order valence-electron chi connectivity index (χ1n) is 12.2. The van der Waals surface area contributed by atoms with Crippen LogP contribution in [0.25, 0.3) is 10.6 Å². The Kier molecular flexibility index (Phi) is 4.49. The monoisotopic (exact) mass is 476 g/mol. The Morgan fingerprint density at radius 2 is 1.82 bits per heavy atom. The summed E-state index contributed by atoms with van der Waals surface area (Å²) in [6, 6.07) is 8.73. The van der Waals surface area contributed by atoms with Crippen LogP contribution in [0.4, 0.5) is 9.93 Å². The van der Waals surface area contributed by atoms with Crippen molar-refractivity contribution in [3.8, 4) is 10.6 Å². The average Bonchev–Trinajstić information content (AvgIpc) is 3.30. The van der Waals surface area contributed by atoms with E-state index < -0.39 is 0 Å². The van der Waals surface area contributed by atoms with Gasteiger partial charge in [-0.25, -0.2) is 9.78 Å². The maximum absolute atomic E-state index is 12.9. The van der Waals surface area contributed by atoms with Crippen molar-refractivity contribution in [3.05, 3.63) is 41.5 Å². The predicted octanol–water partition coefficient (Wildman–Crippen LogP) is 3.64. The van der Waals surface area contributed by atoms with Crippen LogP contribution >= 0.6 is 11.3 Å². The summed E-state index contributed by atoms with van der Waals surface area (Å²) in [5.74, 6) is 3.55. The van der Waals surface area contributed by atoms with Gasteiger partial charge in [0, 0.05) is 62.0 Å². The Hall–Kier alpha value is -3.01. The van der Waals surface area contributed by atoms with Crippen molar-refractivity contribution in [2.24, 2.45) is 5.41 Å². The van der Waals surface area contributed by atoms with E-state index >= 15 is 0 Å². The smallest absolute Gasteiger partial charge is 0.320 e. The molecule has 0 radical (unpaired) electrons. The highest BCUT2D eigenvalue weighted by molar-refractivity contribution is 7.18. The fraction of sp³-hybridized carbons (Fsp3) is 0.542. The fourth-order valence-corrected chi connectivity index (χ4v) is 6.42. The number of amides is 2. The van der Waals surface area contributed by atoms with Gasteiger partial charge in [-0.1, -0.05) is 35.6 Å². The zero-order valence-corrected chi connectivity index (χ0v) is 20.0. The molecule has 2 saturated carbocycles. The Morgan fingerprint density at radius 1 is 1.06 bits per heavy atom. The highest BCUT2D eigenvalue weighted by atomic mass is 32.1. The van der Waals surface area contributed by atoms with E-state index in [4.69, 9.17) is 4.98 Å². The second-order valence-electron chi connectivity index (χ2n) is 10.5. The predicted molar refractivity (Wildman–Crippen MR) is 129 cm³/mol. The molecule has 0 unspecified atom stereocenters. The summed E-state index contributed by atoms with van der Waals surface area (Å²) in [6.45, 7) is 3.37. The molecule has 3 aromatic rings. The lowest BCUT2D eigenvalue weighted by Gasteiger charge is -2.59. The number of benzene rings is 1. The molecule has 34 heavy (non-hydrogen) atoms. The molecule has 2 aliphatic heterocycles. The molecule has 4 heterocycles. The van der Waals surface area contributed by atoms with Crippen LogP contribution in [0.5, 0.6) is 0 Å². The second kappa shape index (κ2) is 7.49. The Labute approximate surface area is 202 Å². The van der Waals surface area contributed by atoms with Crippen molar-refractivity contribution in [1.29, 1.82) is 0 Å². The average molecular weight is 477 g/mol. The molecule has 9 nitrogen and oxygen atoms in total. The summed E-state index contributed by atoms with van der Waals surface area (Å²) in [7, 11) is 1.85. The number of nitrogens with zero attached hydrogens (tertiary/aromatic N) is 6. The number of carbonyl (C=O) groups excluding carboxylic acids is 1. The van der Waals surface area contributed by atoms with E-state index in [0.29, 0.717) is 23.2 Å². The first-order chi connectivity index (χ1) is 16.6. The molecule has 1 spiro atoms. The van der Waals surface area contributed by atoms with Crippen LogP contribution in [-0.4, -0.2) is 74.4 Å². The van der Waals surface area contributed by atoms with Gasteiger partial charge >= 0.3 is 6.03 Å². The number of aromatic nitrogens is 5. The summed E-state index contributed by atoms with van der Waals surface area (Å²) in [5, 5.41) is 20.7. The number of hydrogen-bond acceptors (Lipinski definition) is 7. The summed E-state index contributed by atoms with van der Waals surface area (Å²) < 4.78 is 0. The topological polar surface area (TPSA) is 103 Å². The van der Waals surface area contributed by atoms with Gasteiger partial charge in [-0.3, -0.25) is 5.10 Å². The summed E-state index contributed by atoms with van der Waals surface area (Å²) >= 11 is 1.55. The standard InChI is InChI=1S/C24H28N8OS/c1-25-22-30-29-21(34-22)16-6-2-14(3-7-16)18-10-31(11-18)23(33)32-12-24(13-32)8-17(9-24)20-26-19(27-28-20)15-4-5-15/h2-3,6-7,15,17-18H,4-5,8-13H2,1H3,(H,25,30)(H,26,27,28). The van der Waals surface area contributed by atoms with Crippen LogP contribution in [0.15, 0.2) is 24.3 Å². The number of H-pyrrole nitrogens is 1. The van der Waals surface area contributed by atoms with Crippen molar-refractivity contribution >= 4 is 22.5 Å². The molecule has 4 aliphatic rings. The normalized spacial score (nSPS) is 21.8. The van der Waals surface area contributed by atoms with E-state index in [2.05, 4.69) is 50.0 Å². The van der Waals surface area contributed by atoms with E-state index in [1.54, 1.807) is 11.3 Å². The maximum Gasteiger partial charge on any atom is 0.320 e. The van der Waals surface area contributed by atoms with Gasteiger partial charge in [0.1, 0.15) is 10.8 Å². The number of carbonyl (C=O) groups is 1.